The van der Waals surface area contributed by atoms with Crippen molar-refractivity contribution in [3.63, 3.8) is 0 Å². The second-order valence-corrected chi connectivity index (χ2v) is 10.1. The lowest BCUT2D eigenvalue weighted by molar-refractivity contribution is -0.131. The monoisotopic (exact) mass is 501 g/mol. The van der Waals surface area contributed by atoms with Gasteiger partial charge in [-0.3, -0.25) is 9.59 Å². The van der Waals surface area contributed by atoms with Crippen LogP contribution in [0.3, 0.4) is 0 Å². The molecule has 4 aromatic rings. The molecule has 1 aromatic heterocycles. The minimum atomic E-state index is -0.333. The molecule has 0 radical (unpaired) electrons. The predicted octanol–water partition coefficient (Wildman–Crippen LogP) is 5.05. The molecule has 3 aromatic carbocycles. The summed E-state index contributed by atoms with van der Waals surface area (Å²) in [5.74, 6) is -0.564. The number of aromatic nitrogens is 1. The number of thioether (sulfide) groups is 1. The highest BCUT2D eigenvalue weighted by atomic mass is 32.2. The van der Waals surface area contributed by atoms with Gasteiger partial charge in [0.15, 0.2) is 4.34 Å². The van der Waals surface area contributed by atoms with Crippen molar-refractivity contribution in [2.75, 3.05) is 26.3 Å². The van der Waals surface area contributed by atoms with E-state index in [1.807, 2.05) is 60.7 Å². The Morgan fingerprint density at radius 3 is 2.17 bits per heavy atom. The number of hydrogen-bond acceptors (Lipinski definition) is 6. The van der Waals surface area contributed by atoms with Gasteiger partial charge in [-0.15, -0.1) is 11.3 Å². The van der Waals surface area contributed by atoms with E-state index in [0.29, 0.717) is 36.8 Å². The number of carbonyl (C=O) groups excluding carboxylic acids is 2. The van der Waals surface area contributed by atoms with Gasteiger partial charge in [-0.2, -0.15) is 0 Å². The standard InChI is InChI=1S/C27H23N3O3S2/c31-25(20-11-5-2-6-12-20)29-23(26(32)30-15-17-33-18-16-30)24(19-9-3-1-4-10-19)35-27-28-21-13-7-8-14-22(21)34-27/h1-14H,15-18H2,(H,29,31). The van der Waals surface area contributed by atoms with E-state index in [1.54, 1.807) is 40.5 Å². The molecule has 0 spiro atoms. The molecular formula is C27H23N3O3S2. The molecule has 5 rings (SSSR count). The summed E-state index contributed by atoms with van der Waals surface area (Å²) in [5.41, 5.74) is 2.47. The fourth-order valence-corrected chi connectivity index (χ4v) is 5.93. The van der Waals surface area contributed by atoms with Crippen molar-refractivity contribution in [2.45, 2.75) is 4.34 Å². The minimum Gasteiger partial charge on any atom is -0.378 e. The summed E-state index contributed by atoms with van der Waals surface area (Å²) in [6, 6.07) is 26.5. The molecule has 6 nitrogen and oxygen atoms in total. The smallest absolute Gasteiger partial charge is 0.271 e. The zero-order valence-corrected chi connectivity index (χ0v) is 20.5. The van der Waals surface area contributed by atoms with E-state index in [0.717, 1.165) is 20.1 Å². The summed E-state index contributed by atoms with van der Waals surface area (Å²) in [7, 11) is 0. The van der Waals surface area contributed by atoms with Crippen LogP contribution in [0.25, 0.3) is 15.1 Å². The van der Waals surface area contributed by atoms with E-state index >= 15 is 0 Å². The number of ether oxygens (including phenoxy) is 1. The van der Waals surface area contributed by atoms with Gasteiger partial charge in [0, 0.05) is 18.7 Å². The van der Waals surface area contributed by atoms with E-state index in [9.17, 15) is 9.59 Å². The second kappa shape index (κ2) is 10.9. The summed E-state index contributed by atoms with van der Waals surface area (Å²) in [6.07, 6.45) is 0. The number of nitrogens with zero attached hydrogens (tertiary/aromatic N) is 2. The molecule has 2 heterocycles. The van der Waals surface area contributed by atoms with Crippen LogP contribution in [0, 0.1) is 0 Å². The maximum Gasteiger partial charge on any atom is 0.271 e. The summed E-state index contributed by atoms with van der Waals surface area (Å²) in [5, 5.41) is 2.95. The Morgan fingerprint density at radius 1 is 0.857 bits per heavy atom. The van der Waals surface area contributed by atoms with Gasteiger partial charge in [-0.05, 0) is 29.8 Å². The zero-order chi connectivity index (χ0) is 24.0. The Hall–Kier alpha value is -3.46. The minimum absolute atomic E-state index is 0.231. The van der Waals surface area contributed by atoms with Crippen molar-refractivity contribution in [1.29, 1.82) is 0 Å². The van der Waals surface area contributed by atoms with Crippen molar-refractivity contribution < 1.29 is 14.3 Å². The lowest BCUT2D eigenvalue weighted by Crippen LogP contribution is -2.44. The quantitative estimate of drug-likeness (QED) is 0.296. The lowest BCUT2D eigenvalue weighted by atomic mass is 10.1. The van der Waals surface area contributed by atoms with E-state index in [2.05, 4.69) is 5.32 Å². The highest BCUT2D eigenvalue weighted by Crippen LogP contribution is 2.40. The molecule has 2 amide bonds. The van der Waals surface area contributed by atoms with E-state index < -0.39 is 0 Å². The number of thiazole rings is 1. The fourth-order valence-electron chi connectivity index (χ4n) is 3.73. The van der Waals surface area contributed by atoms with Crippen molar-refractivity contribution in [3.8, 4) is 0 Å². The third-order valence-corrected chi connectivity index (χ3v) is 7.75. The number of amides is 2. The van der Waals surface area contributed by atoms with Gasteiger partial charge in [-0.1, -0.05) is 72.4 Å². The molecule has 0 unspecified atom stereocenters. The van der Waals surface area contributed by atoms with Gasteiger partial charge in [0.1, 0.15) is 5.70 Å². The Balaban J connectivity index is 1.61. The summed E-state index contributed by atoms with van der Waals surface area (Å²) in [6.45, 7) is 1.88. The van der Waals surface area contributed by atoms with Gasteiger partial charge in [0.05, 0.1) is 28.3 Å². The van der Waals surface area contributed by atoms with Crippen LogP contribution < -0.4 is 5.32 Å². The van der Waals surface area contributed by atoms with Crippen LogP contribution in [0.2, 0.25) is 0 Å². The molecule has 35 heavy (non-hydrogen) atoms. The summed E-state index contributed by atoms with van der Waals surface area (Å²) >= 11 is 2.96. The number of morpholine rings is 1. The molecule has 0 bridgehead atoms. The number of hydrogen-bond donors (Lipinski definition) is 1. The molecule has 1 N–H and O–H groups in total. The van der Waals surface area contributed by atoms with Gasteiger partial charge in [-0.25, -0.2) is 4.98 Å². The number of para-hydroxylation sites is 1. The number of benzene rings is 3. The molecule has 1 aliphatic rings. The third kappa shape index (κ3) is 5.45. The molecule has 1 aliphatic heterocycles. The van der Waals surface area contributed by atoms with Crippen molar-refractivity contribution in [1.82, 2.24) is 15.2 Å². The summed E-state index contributed by atoms with van der Waals surface area (Å²) in [4.78, 5) is 34.2. The maximum absolute atomic E-state index is 13.8. The number of nitrogens with one attached hydrogen (secondary N) is 1. The molecule has 8 heteroatoms. The van der Waals surface area contributed by atoms with Crippen LogP contribution in [0.1, 0.15) is 15.9 Å². The molecule has 176 valence electrons. The zero-order valence-electron chi connectivity index (χ0n) is 18.8. The van der Waals surface area contributed by atoms with Crippen LogP contribution >= 0.6 is 23.1 Å². The van der Waals surface area contributed by atoms with Gasteiger partial charge < -0.3 is 15.0 Å². The van der Waals surface area contributed by atoms with Gasteiger partial charge >= 0.3 is 0 Å². The average molecular weight is 502 g/mol. The lowest BCUT2D eigenvalue weighted by Gasteiger charge is -2.28. The van der Waals surface area contributed by atoms with Crippen LogP contribution in [0.15, 0.2) is 95.0 Å². The molecular weight excluding hydrogens is 478 g/mol. The first kappa shape index (κ1) is 23.3. The number of rotatable bonds is 6. The second-order valence-electron chi connectivity index (χ2n) is 7.84. The van der Waals surface area contributed by atoms with E-state index in [-0.39, 0.29) is 17.5 Å². The van der Waals surface area contributed by atoms with Crippen molar-refractivity contribution in [2.24, 2.45) is 0 Å². The molecule has 0 aliphatic carbocycles. The van der Waals surface area contributed by atoms with Crippen LogP contribution in [0.5, 0.6) is 0 Å². The third-order valence-electron chi connectivity index (χ3n) is 5.51. The summed E-state index contributed by atoms with van der Waals surface area (Å²) < 4.78 is 7.31. The Kier molecular flexibility index (Phi) is 7.23. The van der Waals surface area contributed by atoms with Crippen molar-refractivity contribution >= 4 is 50.0 Å². The SMILES string of the molecule is O=C(NC(C(=O)N1CCOCC1)=C(Sc1nc2ccccc2s1)c1ccccc1)c1ccccc1. The number of carbonyl (C=O) groups is 2. The first-order valence-corrected chi connectivity index (χ1v) is 12.9. The Morgan fingerprint density at radius 2 is 1.49 bits per heavy atom. The topological polar surface area (TPSA) is 71.5 Å². The fraction of sp³-hybridized carbons (Fsp3) is 0.148. The Labute approximate surface area is 211 Å². The van der Waals surface area contributed by atoms with Crippen LogP contribution in [0.4, 0.5) is 0 Å². The number of fused-ring (bicyclic) bond motifs is 1. The first-order valence-electron chi connectivity index (χ1n) is 11.3. The highest BCUT2D eigenvalue weighted by molar-refractivity contribution is 8.09. The predicted molar refractivity (Wildman–Crippen MR) is 140 cm³/mol. The molecule has 1 saturated heterocycles. The normalized spacial score (nSPS) is 14.5. The van der Waals surface area contributed by atoms with Crippen molar-refractivity contribution in [3.05, 3.63) is 102 Å². The van der Waals surface area contributed by atoms with E-state index in [1.165, 1.54) is 11.8 Å². The maximum atomic E-state index is 13.8. The van der Waals surface area contributed by atoms with Gasteiger partial charge in [0.2, 0.25) is 0 Å². The molecule has 1 fully saturated rings. The largest absolute Gasteiger partial charge is 0.378 e. The molecule has 0 atom stereocenters. The first-order chi connectivity index (χ1) is 17.2. The van der Waals surface area contributed by atoms with Crippen LogP contribution in [-0.4, -0.2) is 48.0 Å². The molecule has 0 saturated carbocycles. The average Bonchev–Trinajstić information content (AvgIpc) is 3.34. The Bertz CT molecular complexity index is 1330. The van der Waals surface area contributed by atoms with Gasteiger partial charge in [0.25, 0.3) is 11.8 Å². The van der Waals surface area contributed by atoms with Crippen LogP contribution in [-0.2, 0) is 9.53 Å². The highest BCUT2D eigenvalue weighted by Gasteiger charge is 2.27. The van der Waals surface area contributed by atoms with E-state index in [4.69, 9.17) is 9.72 Å².